The van der Waals surface area contributed by atoms with Crippen LogP contribution in [0.25, 0.3) is 0 Å². The molecule has 1 aromatic rings. The maximum absolute atomic E-state index is 12.3. The van der Waals surface area contributed by atoms with E-state index in [0.717, 1.165) is 6.20 Å². The predicted molar refractivity (Wildman–Crippen MR) is 79.7 cm³/mol. The van der Waals surface area contributed by atoms with Gasteiger partial charge in [-0.3, -0.25) is 4.79 Å². The molecule has 0 saturated heterocycles. The number of aliphatic hydroxyl groups is 1. The van der Waals surface area contributed by atoms with E-state index in [1.54, 1.807) is 6.92 Å². The van der Waals surface area contributed by atoms with Crippen LogP contribution in [0, 0.1) is 0 Å². The zero-order chi connectivity index (χ0) is 16.3. The second-order valence-electron chi connectivity index (χ2n) is 4.73. The lowest BCUT2D eigenvalue weighted by atomic mass is 10.1. The lowest BCUT2D eigenvalue weighted by Crippen LogP contribution is -2.37. The highest BCUT2D eigenvalue weighted by atomic mass is 79.9. The van der Waals surface area contributed by atoms with Crippen molar-refractivity contribution in [2.24, 2.45) is 0 Å². The van der Waals surface area contributed by atoms with E-state index in [0.29, 0.717) is 10.4 Å². The van der Waals surface area contributed by atoms with Crippen molar-refractivity contribution < 1.29 is 18.3 Å². The molecule has 120 valence electrons. The topological polar surface area (TPSA) is 67.2 Å². The van der Waals surface area contributed by atoms with Crippen LogP contribution in [0.4, 0.5) is 18.9 Å². The summed E-state index contributed by atoms with van der Waals surface area (Å²) in [6, 6.07) is 0. The van der Waals surface area contributed by atoms with Gasteiger partial charge in [0, 0.05) is 12.3 Å². The van der Waals surface area contributed by atoms with Crippen molar-refractivity contribution in [3.8, 4) is 0 Å². The second kappa shape index (κ2) is 7.01. The van der Waals surface area contributed by atoms with Gasteiger partial charge in [0.1, 0.15) is 11.0 Å². The van der Waals surface area contributed by atoms with Gasteiger partial charge in [-0.2, -0.15) is 30.0 Å². The Morgan fingerprint density at radius 1 is 1.52 bits per heavy atom. The van der Waals surface area contributed by atoms with Crippen molar-refractivity contribution in [1.29, 1.82) is 0 Å². The molecule has 0 bridgehead atoms. The van der Waals surface area contributed by atoms with Crippen LogP contribution in [0.1, 0.15) is 6.92 Å². The predicted octanol–water partition coefficient (Wildman–Crippen LogP) is 2.09. The van der Waals surface area contributed by atoms with E-state index in [2.05, 4.69) is 26.3 Å². The average Bonchev–Trinajstić information content (AvgIpc) is 2.32. The van der Waals surface area contributed by atoms with Crippen LogP contribution < -0.4 is 10.9 Å². The van der Waals surface area contributed by atoms with Crippen molar-refractivity contribution in [3.05, 3.63) is 21.0 Å². The average molecular weight is 390 g/mol. The molecule has 1 atom stereocenters. The van der Waals surface area contributed by atoms with Crippen molar-refractivity contribution >= 4 is 33.4 Å². The van der Waals surface area contributed by atoms with Gasteiger partial charge in [0.15, 0.2) is 0 Å². The van der Waals surface area contributed by atoms with Crippen molar-refractivity contribution in [3.63, 3.8) is 0 Å². The van der Waals surface area contributed by atoms with Crippen LogP contribution in [0.15, 0.2) is 15.5 Å². The van der Waals surface area contributed by atoms with Gasteiger partial charge in [-0.15, -0.1) is 0 Å². The lowest BCUT2D eigenvalue weighted by molar-refractivity contribution is -0.143. The molecule has 0 saturated carbocycles. The zero-order valence-corrected chi connectivity index (χ0v) is 13.8. The fourth-order valence-electron chi connectivity index (χ4n) is 1.52. The second-order valence-corrected chi connectivity index (χ2v) is 6.39. The van der Waals surface area contributed by atoms with Gasteiger partial charge in [-0.05, 0) is 29.1 Å². The van der Waals surface area contributed by atoms with Crippen LogP contribution in [-0.4, -0.2) is 45.2 Å². The van der Waals surface area contributed by atoms with Crippen molar-refractivity contribution in [2.75, 3.05) is 23.9 Å². The third-order valence-electron chi connectivity index (χ3n) is 2.43. The van der Waals surface area contributed by atoms with Crippen molar-refractivity contribution in [1.82, 2.24) is 9.78 Å². The molecule has 0 aliphatic carbocycles. The smallest absolute Gasteiger partial charge is 0.387 e. The monoisotopic (exact) mass is 389 g/mol. The number of aromatic nitrogens is 2. The molecule has 0 aromatic carbocycles. The summed E-state index contributed by atoms with van der Waals surface area (Å²) >= 11 is 4.41. The molecule has 2 N–H and O–H groups in total. The summed E-state index contributed by atoms with van der Waals surface area (Å²) in [5.41, 5.74) is -1.67. The van der Waals surface area contributed by atoms with Crippen LogP contribution in [-0.2, 0) is 6.54 Å². The molecule has 0 fully saturated rings. The standard InChI is InChI=1S/C11H15BrF3N3O2S/c1-10(20,6-21-2)4-16-7-3-17-18(5-11(13,14)15)9(19)8(7)12/h3,16,20H,4-6H2,1-2H3. The summed E-state index contributed by atoms with van der Waals surface area (Å²) < 4.78 is 37.1. The Bertz CT molecular complexity index is 548. The Morgan fingerprint density at radius 2 is 2.14 bits per heavy atom. The quantitative estimate of drug-likeness (QED) is 0.779. The Labute approximate surface area is 132 Å². The first-order valence-electron chi connectivity index (χ1n) is 5.83. The number of hydrogen-bond acceptors (Lipinski definition) is 5. The molecule has 1 heterocycles. The maximum atomic E-state index is 12.3. The molecule has 10 heteroatoms. The van der Waals surface area contributed by atoms with E-state index in [1.807, 2.05) is 6.26 Å². The van der Waals surface area contributed by atoms with Crippen LogP contribution in [0.2, 0.25) is 0 Å². The highest BCUT2D eigenvalue weighted by Gasteiger charge is 2.30. The third-order valence-corrected chi connectivity index (χ3v) is 4.11. The van der Waals surface area contributed by atoms with E-state index in [4.69, 9.17) is 0 Å². The summed E-state index contributed by atoms with van der Waals surface area (Å²) in [4.78, 5) is 11.8. The molecule has 0 spiro atoms. The molecule has 5 nitrogen and oxygen atoms in total. The van der Waals surface area contributed by atoms with Gasteiger partial charge in [0.25, 0.3) is 5.56 Å². The lowest BCUT2D eigenvalue weighted by Gasteiger charge is -2.23. The van der Waals surface area contributed by atoms with E-state index >= 15 is 0 Å². The Hall–Kier alpha value is -0.740. The van der Waals surface area contributed by atoms with E-state index in [-0.39, 0.29) is 16.7 Å². The number of nitrogens with zero attached hydrogens (tertiary/aromatic N) is 2. The van der Waals surface area contributed by atoms with Crippen LogP contribution in [0.3, 0.4) is 0 Å². The van der Waals surface area contributed by atoms with Crippen LogP contribution in [0.5, 0.6) is 0 Å². The first-order valence-corrected chi connectivity index (χ1v) is 8.02. The third kappa shape index (κ3) is 5.87. The number of thioether (sulfide) groups is 1. The number of anilines is 1. The maximum Gasteiger partial charge on any atom is 0.408 e. The molecule has 1 rings (SSSR count). The van der Waals surface area contributed by atoms with E-state index < -0.39 is 23.9 Å². The Balaban J connectivity index is 2.88. The normalized spacial score (nSPS) is 14.8. The molecular weight excluding hydrogens is 375 g/mol. The van der Waals surface area contributed by atoms with E-state index in [9.17, 15) is 23.1 Å². The summed E-state index contributed by atoms with van der Waals surface area (Å²) in [7, 11) is 0. The van der Waals surface area contributed by atoms with Crippen molar-refractivity contribution in [2.45, 2.75) is 25.2 Å². The molecular formula is C11H15BrF3N3O2S. The number of nitrogens with one attached hydrogen (secondary N) is 1. The minimum Gasteiger partial charge on any atom is -0.387 e. The highest BCUT2D eigenvalue weighted by Crippen LogP contribution is 2.20. The SMILES string of the molecule is CSCC(C)(O)CNc1cnn(CC(F)(F)F)c(=O)c1Br. The van der Waals surface area contributed by atoms with Gasteiger partial charge < -0.3 is 10.4 Å². The molecule has 0 aliphatic heterocycles. The first kappa shape index (κ1) is 18.3. The zero-order valence-electron chi connectivity index (χ0n) is 11.4. The first-order chi connectivity index (χ1) is 9.56. The Kier molecular flexibility index (Phi) is 6.11. The fourth-order valence-corrected chi connectivity index (χ4v) is 2.69. The summed E-state index contributed by atoms with van der Waals surface area (Å²) in [5, 5.41) is 16.3. The molecule has 0 amide bonds. The number of hydrogen-bond donors (Lipinski definition) is 2. The molecule has 1 unspecified atom stereocenters. The summed E-state index contributed by atoms with van der Waals surface area (Å²) in [5.74, 6) is 0.468. The summed E-state index contributed by atoms with van der Waals surface area (Å²) in [6.45, 7) is 0.300. The minimum atomic E-state index is -4.52. The summed E-state index contributed by atoms with van der Waals surface area (Å²) in [6.07, 6.45) is -1.57. The molecule has 0 aliphatic rings. The van der Waals surface area contributed by atoms with Gasteiger partial charge >= 0.3 is 6.18 Å². The van der Waals surface area contributed by atoms with E-state index in [1.165, 1.54) is 11.8 Å². The molecule has 1 aromatic heterocycles. The Morgan fingerprint density at radius 3 is 2.67 bits per heavy atom. The largest absolute Gasteiger partial charge is 0.408 e. The minimum absolute atomic E-state index is 0.0540. The number of halogens is 4. The molecule has 0 radical (unpaired) electrons. The van der Waals surface area contributed by atoms with Gasteiger partial charge in [-0.1, -0.05) is 0 Å². The fraction of sp³-hybridized carbons (Fsp3) is 0.636. The number of rotatable bonds is 6. The highest BCUT2D eigenvalue weighted by molar-refractivity contribution is 9.10. The number of alkyl halides is 3. The van der Waals surface area contributed by atoms with Gasteiger partial charge in [0.05, 0.1) is 17.5 Å². The van der Waals surface area contributed by atoms with Gasteiger partial charge in [0.2, 0.25) is 0 Å². The van der Waals surface area contributed by atoms with Crippen LogP contribution >= 0.6 is 27.7 Å². The van der Waals surface area contributed by atoms with Gasteiger partial charge in [-0.25, -0.2) is 4.68 Å². The molecule has 21 heavy (non-hydrogen) atoms.